The van der Waals surface area contributed by atoms with Gasteiger partial charge in [0, 0.05) is 28.8 Å². The van der Waals surface area contributed by atoms with Gasteiger partial charge in [-0.3, -0.25) is 0 Å². The number of aromatic amines is 1. The summed E-state index contributed by atoms with van der Waals surface area (Å²) < 4.78 is 86.1. The Balaban J connectivity index is 1.47. The zero-order chi connectivity index (χ0) is 32.5. The van der Waals surface area contributed by atoms with Gasteiger partial charge in [-0.15, -0.1) is 11.8 Å². The maximum Gasteiger partial charge on any atom is 0.387 e. The first kappa shape index (κ1) is 34.1. The first-order valence-corrected chi connectivity index (χ1v) is 17.7. The van der Waals surface area contributed by atoms with Gasteiger partial charge in [0.15, 0.2) is 29.3 Å². The number of thioether (sulfide) groups is 1. The highest BCUT2D eigenvalue weighted by Crippen LogP contribution is 2.39. The van der Waals surface area contributed by atoms with E-state index in [1.54, 1.807) is 6.92 Å². The molecule has 16 heteroatoms. The summed E-state index contributed by atoms with van der Waals surface area (Å²) in [5.41, 5.74) is 1.25. The molecule has 0 bridgehead atoms. The molecule has 8 nitrogen and oxygen atoms in total. The average molecular weight is 771 g/mol. The molecule has 1 saturated carbocycles. The molecule has 0 amide bonds. The Morgan fingerprint density at radius 3 is 2.53 bits per heavy atom. The van der Waals surface area contributed by atoms with Crippen molar-refractivity contribution >= 4 is 66.9 Å². The van der Waals surface area contributed by atoms with Crippen LogP contribution >= 0.6 is 50.9 Å². The number of H-pyrrole nitrogens is 1. The SMILES string of the molecule is Cc1cc(S(=O)(=O)N2CCS[C@H]2C(=O)O[C@@H](Cc2c(Cl)c[nH+]cc2Cl)c2ccc(OC(F)F)c(OCC3CC3)c2)c(F)cc1Br. The largest absolute Gasteiger partial charge is 0.489 e. The lowest BCUT2D eigenvalue weighted by atomic mass is 10.0. The van der Waals surface area contributed by atoms with E-state index in [1.807, 2.05) is 0 Å². The fraction of sp³-hybridized carbons (Fsp3) is 0.379. The second-order valence-electron chi connectivity index (χ2n) is 10.5. The van der Waals surface area contributed by atoms with Crippen molar-refractivity contribution in [2.75, 3.05) is 18.9 Å². The minimum atomic E-state index is -4.45. The quantitative estimate of drug-likeness (QED) is 0.183. The van der Waals surface area contributed by atoms with Crippen LogP contribution in [0, 0.1) is 18.7 Å². The maximum atomic E-state index is 14.9. The van der Waals surface area contributed by atoms with Crippen molar-refractivity contribution < 1.29 is 45.6 Å². The van der Waals surface area contributed by atoms with Crippen LogP contribution in [0.4, 0.5) is 13.2 Å². The average Bonchev–Trinajstić information content (AvgIpc) is 3.67. The molecule has 2 fully saturated rings. The highest BCUT2D eigenvalue weighted by atomic mass is 79.9. The Morgan fingerprint density at radius 2 is 1.87 bits per heavy atom. The molecule has 3 aromatic rings. The topological polar surface area (TPSA) is 96.3 Å². The number of aryl methyl sites for hydroxylation is 1. The van der Waals surface area contributed by atoms with E-state index >= 15 is 0 Å². The summed E-state index contributed by atoms with van der Waals surface area (Å²) in [6.45, 7) is -1.25. The molecule has 1 aromatic heterocycles. The van der Waals surface area contributed by atoms with E-state index in [-0.39, 0.29) is 46.9 Å². The first-order valence-electron chi connectivity index (χ1n) is 13.7. The van der Waals surface area contributed by atoms with Crippen LogP contribution in [-0.4, -0.2) is 49.6 Å². The van der Waals surface area contributed by atoms with Gasteiger partial charge in [-0.2, -0.15) is 13.1 Å². The second-order valence-corrected chi connectivity index (χ2v) is 15.2. The number of carbonyl (C=O) groups is 1. The number of rotatable bonds is 12. The van der Waals surface area contributed by atoms with Crippen molar-refractivity contribution in [2.24, 2.45) is 5.92 Å². The molecule has 45 heavy (non-hydrogen) atoms. The van der Waals surface area contributed by atoms with Crippen LogP contribution < -0.4 is 14.5 Å². The summed E-state index contributed by atoms with van der Waals surface area (Å²) in [5, 5.41) is -0.846. The zero-order valence-corrected chi connectivity index (χ0v) is 28.3. The molecular weight excluding hydrogens is 744 g/mol. The number of hydrogen-bond acceptors (Lipinski definition) is 7. The molecule has 0 radical (unpaired) electrons. The van der Waals surface area contributed by atoms with E-state index < -0.39 is 44.8 Å². The van der Waals surface area contributed by atoms with Crippen LogP contribution in [0.3, 0.4) is 0 Å². The number of sulfonamides is 1. The summed E-state index contributed by atoms with van der Waals surface area (Å²) in [4.78, 5) is 16.0. The van der Waals surface area contributed by atoms with Gasteiger partial charge in [0.25, 0.3) is 0 Å². The van der Waals surface area contributed by atoms with Crippen molar-refractivity contribution in [3.05, 3.63) is 79.8 Å². The molecule has 0 spiro atoms. The minimum Gasteiger partial charge on any atom is -0.489 e. The highest BCUT2D eigenvalue weighted by molar-refractivity contribution is 9.10. The maximum absolute atomic E-state index is 14.9. The van der Waals surface area contributed by atoms with E-state index in [0.29, 0.717) is 27.1 Å². The number of alkyl halides is 2. The van der Waals surface area contributed by atoms with Crippen LogP contribution in [-0.2, 0) is 26.0 Å². The van der Waals surface area contributed by atoms with Gasteiger partial charge >= 0.3 is 12.6 Å². The molecular formula is C29H27BrCl2F3N2O6S2+. The molecule has 2 atom stereocenters. The number of ether oxygens (including phenoxy) is 3. The molecule has 0 unspecified atom stereocenters. The van der Waals surface area contributed by atoms with Gasteiger partial charge in [0.1, 0.15) is 26.9 Å². The molecule has 1 aliphatic heterocycles. The number of esters is 1. The third-order valence-electron chi connectivity index (χ3n) is 7.22. The Labute approximate surface area is 280 Å². The number of aromatic nitrogens is 1. The van der Waals surface area contributed by atoms with E-state index in [0.717, 1.165) is 35.0 Å². The van der Waals surface area contributed by atoms with Gasteiger partial charge < -0.3 is 14.2 Å². The third-order valence-corrected chi connectivity index (χ3v) is 11.9. The second kappa shape index (κ2) is 14.3. The smallest absolute Gasteiger partial charge is 0.387 e. The van der Waals surface area contributed by atoms with E-state index in [4.69, 9.17) is 32.7 Å². The van der Waals surface area contributed by atoms with Crippen LogP contribution in [0.25, 0.3) is 0 Å². The molecule has 1 aliphatic carbocycles. The van der Waals surface area contributed by atoms with Gasteiger partial charge in [0.05, 0.1) is 6.61 Å². The number of carbonyl (C=O) groups excluding carboxylic acids is 1. The van der Waals surface area contributed by atoms with E-state index in [1.165, 1.54) is 36.7 Å². The Kier molecular flexibility index (Phi) is 10.8. The Hall–Kier alpha value is -2.23. The Morgan fingerprint density at radius 1 is 1.16 bits per heavy atom. The molecule has 242 valence electrons. The lowest BCUT2D eigenvalue weighted by molar-refractivity contribution is -0.377. The molecule has 2 heterocycles. The van der Waals surface area contributed by atoms with Gasteiger partial charge in [-0.25, -0.2) is 22.6 Å². The van der Waals surface area contributed by atoms with Crippen LogP contribution in [0.1, 0.15) is 35.6 Å². The van der Waals surface area contributed by atoms with Gasteiger partial charge in [0.2, 0.25) is 10.0 Å². The summed E-state index contributed by atoms with van der Waals surface area (Å²) in [5.74, 6) is -1.49. The van der Waals surface area contributed by atoms with Crippen molar-refractivity contribution in [3.8, 4) is 11.5 Å². The van der Waals surface area contributed by atoms with E-state index in [9.17, 15) is 26.4 Å². The van der Waals surface area contributed by atoms with Crippen molar-refractivity contribution in [1.29, 1.82) is 0 Å². The molecule has 1 saturated heterocycles. The number of benzene rings is 2. The highest BCUT2D eigenvalue weighted by Gasteiger charge is 2.43. The van der Waals surface area contributed by atoms with Crippen LogP contribution in [0.5, 0.6) is 11.5 Å². The molecule has 1 N–H and O–H groups in total. The number of pyridine rings is 1. The molecule has 2 aliphatic rings. The van der Waals surface area contributed by atoms with Crippen LogP contribution in [0.15, 0.2) is 52.1 Å². The fourth-order valence-corrected chi connectivity index (χ4v) is 8.68. The first-order chi connectivity index (χ1) is 21.3. The van der Waals surface area contributed by atoms with Crippen molar-refractivity contribution in [2.45, 2.75) is 49.2 Å². The van der Waals surface area contributed by atoms with Crippen LogP contribution in [0.2, 0.25) is 10.0 Å². The number of halogens is 6. The van der Waals surface area contributed by atoms with Crippen molar-refractivity contribution in [3.63, 3.8) is 0 Å². The monoisotopic (exact) mass is 769 g/mol. The predicted molar refractivity (Wildman–Crippen MR) is 166 cm³/mol. The van der Waals surface area contributed by atoms with Crippen molar-refractivity contribution in [1.82, 2.24) is 4.31 Å². The van der Waals surface area contributed by atoms with Gasteiger partial charge in [-0.05, 0) is 61.1 Å². The summed E-state index contributed by atoms with van der Waals surface area (Å²) >= 11 is 17.0. The molecule has 5 rings (SSSR count). The Bertz CT molecular complexity index is 1680. The standard InChI is InChI=1S/C29H26BrCl2F3N2O6S2/c1-15-8-26(22(33)11-19(15)30)45(39,40)37-6-7-44-27(37)28(38)42-24(10-18-20(31)12-36-13-21(18)32)17-4-5-23(43-29(34)35)25(9-17)41-14-16-2-3-16/h4-5,8-9,11-13,16,24,27,29H,2-3,6-7,10,14H2,1H3/p+1/t24-,27-/m0/s1. The summed E-state index contributed by atoms with van der Waals surface area (Å²) in [6, 6.07) is 6.42. The van der Waals surface area contributed by atoms with E-state index in [2.05, 4.69) is 25.7 Å². The summed E-state index contributed by atoms with van der Waals surface area (Å²) in [6.07, 6.45) is 3.71. The lowest BCUT2D eigenvalue weighted by Gasteiger charge is -2.26. The van der Waals surface area contributed by atoms with Gasteiger partial charge in [-0.1, -0.05) is 45.2 Å². The predicted octanol–water partition coefficient (Wildman–Crippen LogP) is 7.00. The number of nitrogens with zero attached hydrogens (tertiary/aromatic N) is 1. The summed E-state index contributed by atoms with van der Waals surface area (Å²) in [7, 11) is -4.45. The normalized spacial score (nSPS) is 17.8. The fourth-order valence-electron chi connectivity index (χ4n) is 4.65. The number of nitrogens with one attached hydrogen (secondary N) is 1. The minimum absolute atomic E-state index is 0.0277. The zero-order valence-electron chi connectivity index (χ0n) is 23.6. The molecule has 2 aromatic carbocycles. The number of hydrogen-bond donors (Lipinski definition) is 0. The lowest BCUT2D eigenvalue weighted by Crippen LogP contribution is -2.41. The third kappa shape index (κ3) is 8.02.